The summed E-state index contributed by atoms with van der Waals surface area (Å²) in [6, 6.07) is 0.660. The van der Waals surface area contributed by atoms with E-state index in [4.69, 9.17) is 9.84 Å². The summed E-state index contributed by atoms with van der Waals surface area (Å²) in [6.07, 6.45) is 5.99. The number of nitrogens with zero attached hydrogens (tertiary/aromatic N) is 1. The highest BCUT2D eigenvalue weighted by Gasteiger charge is 2.42. The molecule has 0 bridgehead atoms. The van der Waals surface area contributed by atoms with Gasteiger partial charge in [0.05, 0.1) is 5.60 Å². The van der Waals surface area contributed by atoms with Crippen LogP contribution in [-0.2, 0) is 9.53 Å². The second-order valence-electron chi connectivity index (χ2n) is 6.56. The van der Waals surface area contributed by atoms with E-state index in [1.54, 1.807) is 0 Å². The van der Waals surface area contributed by atoms with Gasteiger partial charge in [0, 0.05) is 24.8 Å². The molecule has 0 aliphatic carbocycles. The maximum Gasteiger partial charge on any atom is 0.303 e. The second-order valence-corrected chi connectivity index (χ2v) is 7.66. The Morgan fingerprint density at radius 2 is 2.15 bits per heavy atom. The molecule has 0 aromatic carbocycles. The maximum absolute atomic E-state index is 10.8. The van der Waals surface area contributed by atoms with E-state index in [1.807, 2.05) is 11.8 Å². The van der Waals surface area contributed by atoms with E-state index >= 15 is 0 Å². The molecule has 4 nitrogen and oxygen atoms in total. The third-order valence-corrected chi connectivity index (χ3v) is 6.39. The Labute approximate surface area is 125 Å². The van der Waals surface area contributed by atoms with E-state index in [-0.39, 0.29) is 5.60 Å². The number of likely N-dealkylation sites (tertiary alicyclic amines) is 1. The van der Waals surface area contributed by atoms with E-state index in [0.29, 0.717) is 18.4 Å². The monoisotopic (exact) mass is 299 g/mol. The summed E-state index contributed by atoms with van der Waals surface area (Å²) in [6.45, 7) is 3.05. The molecule has 1 N–H and O–H groups in total. The van der Waals surface area contributed by atoms with Crippen molar-refractivity contribution in [3.8, 4) is 0 Å². The number of carboxylic acid groups (broad SMARTS) is 1. The van der Waals surface area contributed by atoms with Crippen molar-refractivity contribution in [3.63, 3.8) is 0 Å². The Morgan fingerprint density at radius 3 is 2.80 bits per heavy atom. The number of piperidine rings is 1. The van der Waals surface area contributed by atoms with Crippen LogP contribution in [0.3, 0.4) is 0 Å². The molecule has 2 atom stereocenters. The van der Waals surface area contributed by atoms with Crippen LogP contribution in [0.1, 0.15) is 38.5 Å². The van der Waals surface area contributed by atoms with Crippen molar-refractivity contribution < 1.29 is 14.6 Å². The predicted octanol–water partition coefficient (Wildman–Crippen LogP) is 2.23. The number of carbonyl (C=O) groups is 1. The Bertz CT molecular complexity index is 349. The zero-order chi connectivity index (χ0) is 14.0. The minimum Gasteiger partial charge on any atom is -0.481 e. The zero-order valence-electron chi connectivity index (χ0n) is 12.1. The summed E-state index contributed by atoms with van der Waals surface area (Å²) < 4.78 is 6.10. The van der Waals surface area contributed by atoms with Gasteiger partial charge in [0.15, 0.2) is 0 Å². The molecule has 114 valence electrons. The van der Waals surface area contributed by atoms with E-state index in [2.05, 4.69) is 4.90 Å². The van der Waals surface area contributed by atoms with Gasteiger partial charge in [0.25, 0.3) is 0 Å². The van der Waals surface area contributed by atoms with Gasteiger partial charge in [-0.1, -0.05) is 0 Å². The van der Waals surface area contributed by atoms with Gasteiger partial charge in [-0.3, -0.25) is 4.79 Å². The first-order valence-electron chi connectivity index (χ1n) is 7.84. The molecule has 3 heterocycles. The molecule has 2 unspecified atom stereocenters. The normalized spacial score (nSPS) is 36.5. The molecule has 1 spiro atoms. The summed E-state index contributed by atoms with van der Waals surface area (Å²) in [5.74, 6) is 2.16. The van der Waals surface area contributed by atoms with Crippen LogP contribution >= 0.6 is 11.8 Å². The first-order chi connectivity index (χ1) is 9.67. The molecule has 5 heteroatoms. The summed E-state index contributed by atoms with van der Waals surface area (Å²) >= 11 is 2.03. The lowest BCUT2D eigenvalue weighted by molar-refractivity contribution is -0.138. The Kier molecular flexibility index (Phi) is 4.58. The highest BCUT2D eigenvalue weighted by atomic mass is 32.2. The molecule has 3 aliphatic heterocycles. The third-order valence-electron chi connectivity index (χ3n) is 5.16. The van der Waals surface area contributed by atoms with Crippen LogP contribution in [0.25, 0.3) is 0 Å². The lowest BCUT2D eigenvalue weighted by Gasteiger charge is -2.44. The molecule has 3 saturated heterocycles. The highest BCUT2D eigenvalue weighted by molar-refractivity contribution is 7.99. The van der Waals surface area contributed by atoms with Gasteiger partial charge >= 0.3 is 5.97 Å². The summed E-state index contributed by atoms with van der Waals surface area (Å²) in [7, 11) is 0. The van der Waals surface area contributed by atoms with Gasteiger partial charge in [0.2, 0.25) is 0 Å². The number of hydrogen-bond donors (Lipinski definition) is 1. The van der Waals surface area contributed by atoms with Crippen molar-refractivity contribution in [3.05, 3.63) is 0 Å². The summed E-state index contributed by atoms with van der Waals surface area (Å²) in [5, 5.41) is 8.89. The van der Waals surface area contributed by atoms with Crippen LogP contribution in [0.5, 0.6) is 0 Å². The van der Waals surface area contributed by atoms with Gasteiger partial charge in [-0.05, 0) is 56.9 Å². The van der Waals surface area contributed by atoms with E-state index in [0.717, 1.165) is 39.0 Å². The number of hydrogen-bond acceptors (Lipinski definition) is 4. The van der Waals surface area contributed by atoms with Crippen LogP contribution in [0.15, 0.2) is 0 Å². The molecule has 0 amide bonds. The lowest BCUT2D eigenvalue weighted by Crippen LogP contribution is -2.51. The largest absolute Gasteiger partial charge is 0.481 e. The minimum atomic E-state index is -0.642. The van der Waals surface area contributed by atoms with E-state index in [1.165, 1.54) is 24.3 Å². The van der Waals surface area contributed by atoms with Crippen molar-refractivity contribution in [2.24, 2.45) is 5.92 Å². The Morgan fingerprint density at radius 1 is 1.35 bits per heavy atom. The van der Waals surface area contributed by atoms with Gasteiger partial charge in [-0.15, -0.1) is 0 Å². The first kappa shape index (κ1) is 14.7. The number of thioether (sulfide) groups is 1. The highest BCUT2D eigenvalue weighted by Crippen LogP contribution is 2.40. The zero-order valence-corrected chi connectivity index (χ0v) is 12.9. The van der Waals surface area contributed by atoms with Crippen LogP contribution in [0, 0.1) is 5.92 Å². The number of ether oxygens (including phenoxy) is 1. The van der Waals surface area contributed by atoms with E-state index in [9.17, 15) is 4.79 Å². The van der Waals surface area contributed by atoms with Crippen LogP contribution in [-0.4, -0.2) is 58.8 Å². The molecule has 0 saturated carbocycles. The molecule has 0 aromatic heterocycles. The number of carboxylic acids is 1. The molecule has 3 aliphatic rings. The van der Waals surface area contributed by atoms with Crippen LogP contribution in [0.4, 0.5) is 0 Å². The Hall–Kier alpha value is -0.260. The van der Waals surface area contributed by atoms with Crippen LogP contribution in [0.2, 0.25) is 0 Å². The first-order valence-corrected chi connectivity index (χ1v) is 9.00. The molecule has 0 aromatic rings. The molecule has 3 rings (SSSR count). The predicted molar refractivity (Wildman–Crippen MR) is 80.2 cm³/mol. The van der Waals surface area contributed by atoms with Crippen molar-refractivity contribution >= 4 is 17.7 Å². The molecule has 20 heavy (non-hydrogen) atoms. The topological polar surface area (TPSA) is 49.8 Å². The summed E-state index contributed by atoms with van der Waals surface area (Å²) in [5.41, 5.74) is 0.158. The fourth-order valence-electron chi connectivity index (χ4n) is 3.95. The molecular weight excluding hydrogens is 274 g/mol. The minimum absolute atomic E-state index is 0.158. The van der Waals surface area contributed by atoms with E-state index < -0.39 is 5.97 Å². The molecule has 0 radical (unpaired) electrons. The molecule has 3 fully saturated rings. The van der Waals surface area contributed by atoms with Crippen molar-refractivity contribution in [1.82, 2.24) is 4.90 Å². The van der Waals surface area contributed by atoms with Gasteiger partial charge < -0.3 is 14.7 Å². The van der Waals surface area contributed by atoms with Crippen molar-refractivity contribution in [2.45, 2.75) is 50.2 Å². The lowest BCUT2D eigenvalue weighted by atomic mass is 9.86. The quantitative estimate of drug-likeness (QED) is 0.866. The fraction of sp³-hybridized carbons (Fsp3) is 0.933. The van der Waals surface area contributed by atoms with Crippen LogP contribution < -0.4 is 0 Å². The van der Waals surface area contributed by atoms with Gasteiger partial charge in [-0.25, -0.2) is 0 Å². The average molecular weight is 299 g/mol. The average Bonchev–Trinajstić information content (AvgIpc) is 2.87. The number of aliphatic carboxylic acids is 1. The van der Waals surface area contributed by atoms with Crippen molar-refractivity contribution in [2.75, 3.05) is 31.2 Å². The van der Waals surface area contributed by atoms with Gasteiger partial charge in [-0.2, -0.15) is 11.8 Å². The Balaban J connectivity index is 1.51. The summed E-state index contributed by atoms with van der Waals surface area (Å²) in [4.78, 5) is 13.4. The maximum atomic E-state index is 10.8. The molecular formula is C15H25NO3S. The van der Waals surface area contributed by atoms with Gasteiger partial charge in [0.1, 0.15) is 0 Å². The third kappa shape index (κ3) is 3.31. The van der Waals surface area contributed by atoms with Crippen molar-refractivity contribution in [1.29, 1.82) is 0 Å². The fourth-order valence-corrected chi connectivity index (χ4v) is 5.32. The SMILES string of the molecule is O=C(O)CC1CCN(C2CCOC3(CCSC3)C2)CC1. The number of rotatable bonds is 3. The standard InChI is InChI=1S/C15H25NO3S/c17-14(18)9-12-1-5-16(6-2-12)13-3-7-19-15(10-13)4-8-20-11-15/h12-13H,1-11H2,(H,17,18). The smallest absolute Gasteiger partial charge is 0.303 e. The second kappa shape index (κ2) is 6.24.